The lowest BCUT2D eigenvalue weighted by atomic mass is 10.3. The van der Waals surface area contributed by atoms with Crippen LogP contribution in [0.5, 0.6) is 0 Å². The fourth-order valence-electron chi connectivity index (χ4n) is 1.90. The molecule has 0 amide bonds. The zero-order valence-corrected chi connectivity index (χ0v) is 12.0. The second kappa shape index (κ2) is 5.57. The largest absolute Gasteiger partial charge is 0.372 e. The first kappa shape index (κ1) is 13.8. The van der Waals surface area contributed by atoms with Gasteiger partial charge in [0.2, 0.25) is 5.95 Å². The van der Waals surface area contributed by atoms with Gasteiger partial charge in [-0.25, -0.2) is 4.98 Å². The predicted molar refractivity (Wildman–Crippen MR) is 76.9 cm³/mol. The third-order valence-corrected chi connectivity index (χ3v) is 2.93. The van der Waals surface area contributed by atoms with Crippen LogP contribution < -0.4 is 10.6 Å². The number of nitriles is 1. The molecule has 0 radical (unpaired) electrons. The summed E-state index contributed by atoms with van der Waals surface area (Å²) in [6.45, 7) is 6.13. The zero-order chi connectivity index (χ0) is 14.7. The van der Waals surface area contributed by atoms with Crippen LogP contribution in [-0.2, 0) is 0 Å². The Morgan fingerprint density at radius 1 is 1.35 bits per heavy atom. The van der Waals surface area contributed by atoms with Crippen molar-refractivity contribution < 1.29 is 0 Å². The van der Waals surface area contributed by atoms with E-state index in [2.05, 4.69) is 39.5 Å². The van der Waals surface area contributed by atoms with Gasteiger partial charge < -0.3 is 10.6 Å². The van der Waals surface area contributed by atoms with Crippen molar-refractivity contribution in [2.24, 2.45) is 0 Å². The monoisotopic (exact) mass is 271 g/mol. The highest BCUT2D eigenvalue weighted by molar-refractivity contribution is 5.59. The van der Waals surface area contributed by atoms with E-state index in [9.17, 15) is 0 Å². The Balaban J connectivity index is 2.29. The Kier molecular flexibility index (Phi) is 3.84. The Morgan fingerprint density at radius 3 is 2.65 bits per heavy atom. The van der Waals surface area contributed by atoms with Crippen LogP contribution >= 0.6 is 0 Å². The molecule has 0 saturated carbocycles. The van der Waals surface area contributed by atoms with Crippen molar-refractivity contribution in [2.75, 3.05) is 17.7 Å². The van der Waals surface area contributed by atoms with E-state index in [1.165, 1.54) is 6.20 Å². The summed E-state index contributed by atoms with van der Waals surface area (Å²) in [5.74, 6) is 0.929. The summed E-state index contributed by atoms with van der Waals surface area (Å²) in [4.78, 5) is 8.39. The number of anilines is 3. The minimum Gasteiger partial charge on any atom is -0.372 e. The molecule has 2 heterocycles. The van der Waals surface area contributed by atoms with Crippen molar-refractivity contribution >= 4 is 17.5 Å². The van der Waals surface area contributed by atoms with Gasteiger partial charge in [0.15, 0.2) is 0 Å². The van der Waals surface area contributed by atoms with Gasteiger partial charge in [-0.1, -0.05) is 0 Å². The summed E-state index contributed by atoms with van der Waals surface area (Å²) in [7, 11) is 1.72. The average Bonchev–Trinajstić information content (AvgIpc) is 2.80. The van der Waals surface area contributed by atoms with E-state index in [0.717, 1.165) is 11.4 Å². The molecule has 20 heavy (non-hydrogen) atoms. The van der Waals surface area contributed by atoms with Gasteiger partial charge in [-0.3, -0.25) is 4.68 Å². The molecule has 0 aromatic carbocycles. The average molecular weight is 271 g/mol. The molecule has 104 valence electrons. The Morgan fingerprint density at radius 2 is 2.10 bits per heavy atom. The first-order chi connectivity index (χ1) is 9.56. The molecule has 0 saturated heterocycles. The van der Waals surface area contributed by atoms with Crippen molar-refractivity contribution in [2.45, 2.75) is 26.8 Å². The van der Waals surface area contributed by atoms with Gasteiger partial charge in [-0.15, -0.1) is 0 Å². The van der Waals surface area contributed by atoms with Crippen molar-refractivity contribution in [1.29, 1.82) is 5.26 Å². The molecular formula is C13H17N7. The first-order valence-electron chi connectivity index (χ1n) is 6.32. The smallest absolute Gasteiger partial charge is 0.229 e. The second-order valence-corrected chi connectivity index (χ2v) is 4.62. The SMILES string of the molecule is CNc1nc(Nc2cnn(C(C)C)c2C)ncc1C#N. The molecular weight excluding hydrogens is 254 g/mol. The third-order valence-electron chi connectivity index (χ3n) is 2.93. The molecule has 2 rings (SSSR count). The van der Waals surface area contributed by atoms with E-state index < -0.39 is 0 Å². The van der Waals surface area contributed by atoms with Gasteiger partial charge in [0.25, 0.3) is 0 Å². The fourth-order valence-corrected chi connectivity index (χ4v) is 1.90. The molecule has 0 spiro atoms. The number of aromatic nitrogens is 4. The molecule has 0 aliphatic heterocycles. The lowest BCUT2D eigenvalue weighted by Gasteiger charge is -2.10. The number of rotatable bonds is 4. The molecule has 2 aromatic rings. The first-order valence-corrected chi connectivity index (χ1v) is 6.32. The summed E-state index contributed by atoms with van der Waals surface area (Å²) >= 11 is 0. The van der Waals surface area contributed by atoms with Crippen LogP contribution in [0.2, 0.25) is 0 Å². The van der Waals surface area contributed by atoms with Crippen LogP contribution in [0.25, 0.3) is 0 Å². The van der Waals surface area contributed by atoms with E-state index in [1.54, 1.807) is 13.2 Å². The Hall–Kier alpha value is -2.62. The standard InChI is InChI=1S/C13H17N7/c1-8(2)20-9(3)11(7-17-20)18-13-16-6-10(5-14)12(15-4)19-13/h6-8H,1-4H3,(H2,15,16,18,19). The van der Waals surface area contributed by atoms with Crippen LogP contribution in [0.1, 0.15) is 31.1 Å². The van der Waals surface area contributed by atoms with Crippen molar-refractivity contribution in [3.8, 4) is 6.07 Å². The lowest BCUT2D eigenvalue weighted by Crippen LogP contribution is -2.06. The molecule has 7 heteroatoms. The van der Waals surface area contributed by atoms with Gasteiger partial charge >= 0.3 is 0 Å². The van der Waals surface area contributed by atoms with Gasteiger partial charge in [-0.2, -0.15) is 15.3 Å². The van der Waals surface area contributed by atoms with E-state index in [4.69, 9.17) is 5.26 Å². The molecule has 0 aliphatic rings. The minimum atomic E-state index is 0.292. The minimum absolute atomic E-state index is 0.292. The van der Waals surface area contributed by atoms with Gasteiger partial charge in [-0.05, 0) is 20.8 Å². The highest BCUT2D eigenvalue weighted by Gasteiger charge is 2.11. The van der Waals surface area contributed by atoms with E-state index >= 15 is 0 Å². The van der Waals surface area contributed by atoms with Crippen LogP contribution in [0, 0.1) is 18.3 Å². The van der Waals surface area contributed by atoms with Gasteiger partial charge in [0.1, 0.15) is 17.5 Å². The molecule has 0 atom stereocenters. The molecule has 0 fully saturated rings. The molecule has 2 aromatic heterocycles. The van der Waals surface area contributed by atoms with Crippen LogP contribution in [0.3, 0.4) is 0 Å². The molecule has 0 bridgehead atoms. The number of hydrogen-bond acceptors (Lipinski definition) is 6. The number of nitrogens with zero attached hydrogens (tertiary/aromatic N) is 5. The van der Waals surface area contributed by atoms with Crippen LogP contribution in [0.4, 0.5) is 17.5 Å². The van der Waals surface area contributed by atoms with E-state index in [1.807, 2.05) is 17.7 Å². The van der Waals surface area contributed by atoms with E-state index in [0.29, 0.717) is 23.4 Å². The second-order valence-electron chi connectivity index (χ2n) is 4.62. The predicted octanol–water partition coefficient (Wildman–Crippen LogP) is 2.22. The highest BCUT2D eigenvalue weighted by Crippen LogP contribution is 2.21. The van der Waals surface area contributed by atoms with Crippen molar-refractivity contribution in [3.63, 3.8) is 0 Å². The zero-order valence-electron chi connectivity index (χ0n) is 12.0. The fraction of sp³-hybridized carbons (Fsp3) is 0.385. The summed E-state index contributed by atoms with van der Waals surface area (Å²) in [6.07, 6.45) is 3.24. The molecule has 2 N–H and O–H groups in total. The molecule has 0 aliphatic carbocycles. The number of nitrogens with one attached hydrogen (secondary N) is 2. The highest BCUT2D eigenvalue weighted by atomic mass is 15.3. The van der Waals surface area contributed by atoms with Gasteiger partial charge in [0.05, 0.1) is 23.8 Å². The van der Waals surface area contributed by atoms with Crippen molar-refractivity contribution in [3.05, 3.63) is 23.7 Å². The number of hydrogen-bond donors (Lipinski definition) is 2. The van der Waals surface area contributed by atoms with Crippen LogP contribution in [0.15, 0.2) is 12.4 Å². The quantitative estimate of drug-likeness (QED) is 0.886. The third kappa shape index (κ3) is 2.54. The van der Waals surface area contributed by atoms with E-state index in [-0.39, 0.29) is 0 Å². The maximum absolute atomic E-state index is 8.93. The molecule has 7 nitrogen and oxygen atoms in total. The lowest BCUT2D eigenvalue weighted by molar-refractivity contribution is 0.519. The normalized spacial score (nSPS) is 10.4. The maximum atomic E-state index is 8.93. The van der Waals surface area contributed by atoms with Crippen LogP contribution in [-0.4, -0.2) is 26.8 Å². The Bertz CT molecular complexity index is 651. The van der Waals surface area contributed by atoms with Crippen molar-refractivity contribution in [1.82, 2.24) is 19.7 Å². The summed E-state index contributed by atoms with van der Waals surface area (Å²) in [5, 5.41) is 19.2. The Labute approximate surface area is 117 Å². The summed E-state index contributed by atoms with van der Waals surface area (Å²) in [6, 6.07) is 2.33. The van der Waals surface area contributed by atoms with Gasteiger partial charge in [0, 0.05) is 13.1 Å². The molecule has 0 unspecified atom stereocenters. The topological polar surface area (TPSA) is 91.4 Å². The summed E-state index contributed by atoms with van der Waals surface area (Å²) < 4.78 is 1.92. The summed E-state index contributed by atoms with van der Waals surface area (Å²) in [5.41, 5.74) is 2.28. The maximum Gasteiger partial charge on any atom is 0.229 e.